The van der Waals surface area contributed by atoms with Crippen LogP contribution in [-0.2, 0) is 4.79 Å². The number of benzene rings is 1. The first-order chi connectivity index (χ1) is 10.9. The lowest BCUT2D eigenvalue weighted by atomic mass is 9.81. The minimum atomic E-state index is -0.786. The molecule has 0 aromatic heterocycles. The Kier molecular flexibility index (Phi) is 3.96. The van der Waals surface area contributed by atoms with Gasteiger partial charge in [0.05, 0.1) is 0 Å². The second kappa shape index (κ2) is 5.80. The van der Waals surface area contributed by atoms with Crippen molar-refractivity contribution < 1.29 is 14.4 Å². The van der Waals surface area contributed by atoms with E-state index in [2.05, 4.69) is 5.32 Å². The summed E-state index contributed by atoms with van der Waals surface area (Å²) < 4.78 is 0. The summed E-state index contributed by atoms with van der Waals surface area (Å²) in [6.07, 6.45) is 4.28. The molecule has 3 amide bonds. The fourth-order valence-corrected chi connectivity index (χ4v) is 3.56. The molecule has 1 aromatic carbocycles. The van der Waals surface area contributed by atoms with Crippen molar-refractivity contribution in [1.82, 2.24) is 10.2 Å². The molecular formula is C18H22N2O3. The molecule has 3 rings (SSSR count). The molecular weight excluding hydrogens is 292 g/mol. The van der Waals surface area contributed by atoms with Gasteiger partial charge in [-0.15, -0.1) is 0 Å². The first-order valence-corrected chi connectivity index (χ1v) is 8.21. The normalized spacial score (nSPS) is 21.4. The summed E-state index contributed by atoms with van der Waals surface area (Å²) in [5.41, 5.74) is 0.801. The molecule has 2 fully saturated rings. The molecule has 0 bridgehead atoms. The van der Waals surface area contributed by atoms with Gasteiger partial charge in [-0.1, -0.05) is 49.1 Å². The van der Waals surface area contributed by atoms with Gasteiger partial charge in [0, 0.05) is 5.56 Å². The Balaban J connectivity index is 1.82. The van der Waals surface area contributed by atoms with E-state index in [9.17, 15) is 14.4 Å². The monoisotopic (exact) mass is 314 g/mol. The van der Waals surface area contributed by atoms with Crippen molar-refractivity contribution in [2.45, 2.75) is 57.5 Å². The van der Waals surface area contributed by atoms with Crippen molar-refractivity contribution in [3.05, 3.63) is 35.4 Å². The van der Waals surface area contributed by atoms with Crippen LogP contribution in [0.15, 0.2) is 24.3 Å². The number of aryl methyl sites for hydroxylation is 1. The van der Waals surface area contributed by atoms with Crippen LogP contribution in [0, 0.1) is 6.92 Å². The molecule has 1 saturated carbocycles. The molecule has 1 aliphatic carbocycles. The smallest absolute Gasteiger partial charge is 0.323 e. The van der Waals surface area contributed by atoms with Crippen molar-refractivity contribution in [1.29, 1.82) is 0 Å². The van der Waals surface area contributed by atoms with E-state index in [1.54, 1.807) is 19.1 Å². The summed E-state index contributed by atoms with van der Waals surface area (Å²) in [7, 11) is 0. The van der Waals surface area contributed by atoms with Crippen molar-refractivity contribution in [2.75, 3.05) is 0 Å². The number of nitrogens with one attached hydrogen (secondary N) is 1. The quantitative estimate of drug-likeness (QED) is 0.689. The first-order valence-electron chi connectivity index (χ1n) is 8.21. The maximum atomic E-state index is 12.8. The number of nitrogens with zero attached hydrogens (tertiary/aromatic N) is 1. The summed E-state index contributed by atoms with van der Waals surface area (Å²) in [6.45, 7) is 3.57. The predicted octanol–water partition coefficient (Wildman–Crippen LogP) is 2.82. The Hall–Kier alpha value is -2.17. The SMILES string of the molecule is Cc1ccc(C(=O)[C@H](C)N2C(=O)NC3(CCCCC3)C2=O)cc1. The van der Waals surface area contributed by atoms with E-state index in [1.165, 1.54) is 0 Å². The number of urea groups is 1. The van der Waals surface area contributed by atoms with Gasteiger partial charge in [0.25, 0.3) is 5.91 Å². The lowest BCUT2D eigenvalue weighted by molar-refractivity contribution is -0.133. The highest BCUT2D eigenvalue weighted by atomic mass is 16.2. The van der Waals surface area contributed by atoms with Crippen molar-refractivity contribution in [3.63, 3.8) is 0 Å². The number of Topliss-reactive ketones (excluding diaryl/α,β-unsaturated/α-hetero) is 1. The van der Waals surface area contributed by atoms with Crippen LogP contribution in [0.5, 0.6) is 0 Å². The topological polar surface area (TPSA) is 66.5 Å². The zero-order valence-corrected chi connectivity index (χ0v) is 13.6. The van der Waals surface area contributed by atoms with Gasteiger partial charge in [0.1, 0.15) is 11.6 Å². The standard InChI is InChI=1S/C18H22N2O3/c1-12-6-8-14(9-7-12)15(21)13(2)20-16(22)18(19-17(20)23)10-4-3-5-11-18/h6-9,13H,3-5,10-11H2,1-2H3,(H,19,23)/t13-/m0/s1. The number of imide groups is 1. The molecule has 23 heavy (non-hydrogen) atoms. The Morgan fingerprint density at radius 3 is 2.35 bits per heavy atom. The van der Waals surface area contributed by atoms with E-state index in [0.717, 1.165) is 29.7 Å². The van der Waals surface area contributed by atoms with Crippen molar-refractivity contribution in [2.24, 2.45) is 0 Å². The van der Waals surface area contributed by atoms with Gasteiger partial charge in [-0.3, -0.25) is 14.5 Å². The summed E-state index contributed by atoms with van der Waals surface area (Å²) in [5, 5.41) is 2.85. The van der Waals surface area contributed by atoms with Crippen LogP contribution in [0.25, 0.3) is 0 Å². The predicted molar refractivity (Wildman–Crippen MR) is 86.2 cm³/mol. The largest absolute Gasteiger partial charge is 0.325 e. The molecule has 5 nitrogen and oxygen atoms in total. The maximum Gasteiger partial charge on any atom is 0.325 e. The second-order valence-electron chi connectivity index (χ2n) is 6.65. The summed E-state index contributed by atoms with van der Waals surface area (Å²) >= 11 is 0. The number of rotatable bonds is 3. The molecule has 1 saturated heterocycles. The van der Waals surface area contributed by atoms with E-state index in [-0.39, 0.29) is 11.7 Å². The molecule has 1 heterocycles. The van der Waals surface area contributed by atoms with Gasteiger partial charge in [0.2, 0.25) is 0 Å². The van der Waals surface area contributed by atoms with E-state index < -0.39 is 17.6 Å². The van der Waals surface area contributed by atoms with Crippen LogP contribution < -0.4 is 5.32 Å². The van der Waals surface area contributed by atoms with Crippen LogP contribution in [0.1, 0.15) is 54.9 Å². The molecule has 5 heteroatoms. The summed E-state index contributed by atoms with van der Waals surface area (Å²) in [6, 6.07) is 5.96. The van der Waals surface area contributed by atoms with Crippen LogP contribution in [0.3, 0.4) is 0 Å². The van der Waals surface area contributed by atoms with Gasteiger partial charge >= 0.3 is 6.03 Å². The van der Waals surface area contributed by atoms with E-state index in [0.29, 0.717) is 18.4 Å². The van der Waals surface area contributed by atoms with Gasteiger partial charge in [0.15, 0.2) is 5.78 Å². The highest BCUT2D eigenvalue weighted by Crippen LogP contribution is 2.34. The highest BCUT2D eigenvalue weighted by molar-refractivity contribution is 6.12. The Morgan fingerprint density at radius 2 is 1.74 bits per heavy atom. The minimum Gasteiger partial charge on any atom is -0.323 e. The Bertz CT molecular complexity index is 645. The van der Waals surface area contributed by atoms with Crippen LogP contribution in [-0.4, -0.2) is 34.2 Å². The highest BCUT2D eigenvalue weighted by Gasteiger charge is 2.53. The van der Waals surface area contributed by atoms with Crippen LogP contribution in [0.4, 0.5) is 4.79 Å². The zero-order valence-electron chi connectivity index (χ0n) is 13.6. The molecule has 1 aromatic rings. The third kappa shape index (κ3) is 2.64. The average molecular weight is 314 g/mol. The first kappa shape index (κ1) is 15.7. The number of carbonyl (C=O) groups excluding carboxylic acids is 3. The van der Waals surface area contributed by atoms with E-state index in [1.807, 2.05) is 19.1 Å². The number of hydrogen-bond donors (Lipinski definition) is 1. The average Bonchev–Trinajstić information content (AvgIpc) is 2.78. The van der Waals surface area contributed by atoms with Gasteiger partial charge in [-0.05, 0) is 26.7 Å². The van der Waals surface area contributed by atoms with Gasteiger partial charge in [-0.2, -0.15) is 0 Å². The second-order valence-corrected chi connectivity index (χ2v) is 6.65. The third-order valence-electron chi connectivity index (χ3n) is 5.00. The third-order valence-corrected chi connectivity index (χ3v) is 5.00. The fraction of sp³-hybridized carbons (Fsp3) is 0.500. The van der Waals surface area contributed by atoms with E-state index in [4.69, 9.17) is 0 Å². The van der Waals surface area contributed by atoms with Crippen LogP contribution in [0.2, 0.25) is 0 Å². The number of ketones is 1. The summed E-state index contributed by atoms with van der Waals surface area (Å²) in [4.78, 5) is 38.9. The van der Waals surface area contributed by atoms with Crippen LogP contribution >= 0.6 is 0 Å². The van der Waals surface area contributed by atoms with Crippen molar-refractivity contribution >= 4 is 17.7 Å². The molecule has 1 aliphatic heterocycles. The molecule has 0 radical (unpaired) electrons. The molecule has 1 N–H and O–H groups in total. The molecule has 0 unspecified atom stereocenters. The van der Waals surface area contributed by atoms with Crippen molar-refractivity contribution in [3.8, 4) is 0 Å². The zero-order chi connectivity index (χ0) is 16.6. The van der Waals surface area contributed by atoms with E-state index >= 15 is 0 Å². The van der Waals surface area contributed by atoms with Gasteiger partial charge in [-0.25, -0.2) is 4.79 Å². The Morgan fingerprint density at radius 1 is 1.13 bits per heavy atom. The Labute approximate surface area is 136 Å². The molecule has 1 atom stereocenters. The number of hydrogen-bond acceptors (Lipinski definition) is 3. The lowest BCUT2D eigenvalue weighted by Crippen LogP contribution is -2.49. The maximum absolute atomic E-state index is 12.8. The number of carbonyl (C=O) groups is 3. The fourth-order valence-electron chi connectivity index (χ4n) is 3.56. The summed E-state index contributed by atoms with van der Waals surface area (Å²) in [5.74, 6) is -0.448. The number of amides is 3. The molecule has 2 aliphatic rings. The van der Waals surface area contributed by atoms with Gasteiger partial charge < -0.3 is 5.32 Å². The molecule has 1 spiro atoms. The lowest BCUT2D eigenvalue weighted by Gasteiger charge is -2.31. The minimum absolute atomic E-state index is 0.207. The molecule has 122 valence electrons.